The van der Waals surface area contributed by atoms with Gasteiger partial charge in [-0.25, -0.2) is 9.37 Å². The molecular formula is C18H14FN3. The van der Waals surface area contributed by atoms with Crippen molar-refractivity contribution in [3.05, 3.63) is 64.7 Å². The monoisotopic (exact) mass is 291 g/mol. The highest BCUT2D eigenvalue weighted by Crippen LogP contribution is 2.22. The third kappa shape index (κ3) is 2.61. The maximum absolute atomic E-state index is 13.2. The van der Waals surface area contributed by atoms with E-state index < -0.39 is 0 Å². The quantitative estimate of drug-likeness (QED) is 0.712. The van der Waals surface area contributed by atoms with Crippen molar-refractivity contribution >= 4 is 22.7 Å². The average Bonchev–Trinajstić information content (AvgIpc) is 2.88. The van der Waals surface area contributed by atoms with Crippen molar-refractivity contribution in [2.45, 2.75) is 13.8 Å². The molecule has 0 aliphatic heterocycles. The molecule has 0 fully saturated rings. The van der Waals surface area contributed by atoms with Crippen LogP contribution in [0.2, 0.25) is 0 Å². The molecule has 0 radical (unpaired) electrons. The van der Waals surface area contributed by atoms with E-state index >= 15 is 0 Å². The Balaban J connectivity index is 2.09. The van der Waals surface area contributed by atoms with E-state index in [0.29, 0.717) is 17.0 Å². The highest BCUT2D eigenvalue weighted by Gasteiger charge is 2.09. The van der Waals surface area contributed by atoms with Gasteiger partial charge in [0.15, 0.2) is 0 Å². The van der Waals surface area contributed by atoms with Gasteiger partial charge in [-0.05, 0) is 60.9 Å². The molecule has 3 rings (SSSR count). The first kappa shape index (κ1) is 14.0. The Morgan fingerprint density at radius 3 is 2.73 bits per heavy atom. The third-order valence-electron chi connectivity index (χ3n) is 3.63. The average molecular weight is 291 g/mol. The van der Waals surface area contributed by atoms with Crippen LogP contribution in [0.3, 0.4) is 0 Å². The lowest BCUT2D eigenvalue weighted by molar-refractivity contribution is 0.627. The van der Waals surface area contributed by atoms with Gasteiger partial charge in [-0.2, -0.15) is 5.26 Å². The molecule has 1 N–H and O–H groups in total. The molecule has 3 aromatic rings. The Hall–Kier alpha value is -2.93. The van der Waals surface area contributed by atoms with Crippen molar-refractivity contribution in [3.8, 4) is 6.07 Å². The second-order valence-electron chi connectivity index (χ2n) is 5.26. The maximum atomic E-state index is 13.2. The van der Waals surface area contributed by atoms with E-state index in [-0.39, 0.29) is 5.82 Å². The normalized spacial score (nSPS) is 11.6. The number of imidazole rings is 1. The zero-order valence-electron chi connectivity index (χ0n) is 12.3. The van der Waals surface area contributed by atoms with E-state index in [1.807, 2.05) is 26.0 Å². The van der Waals surface area contributed by atoms with Crippen LogP contribution in [0.25, 0.3) is 22.7 Å². The van der Waals surface area contributed by atoms with Crippen LogP contribution in [0.1, 0.15) is 22.5 Å². The van der Waals surface area contributed by atoms with Crippen LogP contribution in [0.5, 0.6) is 0 Å². The van der Waals surface area contributed by atoms with Crippen LogP contribution in [0.15, 0.2) is 36.4 Å². The lowest BCUT2D eigenvalue weighted by Crippen LogP contribution is -1.85. The minimum Gasteiger partial charge on any atom is -0.337 e. The SMILES string of the molecule is Cc1cc2nc(/C(C#N)=C/c3cccc(F)c3)[nH]c2cc1C. The minimum atomic E-state index is -0.332. The largest absolute Gasteiger partial charge is 0.337 e. The molecule has 2 aromatic carbocycles. The summed E-state index contributed by atoms with van der Waals surface area (Å²) in [5.41, 5.74) is 5.02. The molecule has 108 valence electrons. The van der Waals surface area contributed by atoms with Crippen molar-refractivity contribution in [2.24, 2.45) is 0 Å². The number of aromatic nitrogens is 2. The molecule has 3 nitrogen and oxygen atoms in total. The maximum Gasteiger partial charge on any atom is 0.149 e. The van der Waals surface area contributed by atoms with E-state index in [2.05, 4.69) is 16.0 Å². The van der Waals surface area contributed by atoms with Gasteiger partial charge in [0.25, 0.3) is 0 Å². The highest BCUT2D eigenvalue weighted by atomic mass is 19.1. The summed E-state index contributed by atoms with van der Waals surface area (Å²) in [5, 5.41) is 9.37. The first-order valence-electron chi connectivity index (χ1n) is 6.91. The first-order valence-corrected chi connectivity index (χ1v) is 6.91. The van der Waals surface area contributed by atoms with Gasteiger partial charge in [-0.15, -0.1) is 0 Å². The van der Waals surface area contributed by atoms with Gasteiger partial charge in [0.1, 0.15) is 17.7 Å². The van der Waals surface area contributed by atoms with Gasteiger partial charge >= 0.3 is 0 Å². The Morgan fingerprint density at radius 2 is 2.00 bits per heavy atom. The number of aromatic amines is 1. The summed E-state index contributed by atoms with van der Waals surface area (Å²) >= 11 is 0. The standard InChI is InChI=1S/C18H14FN3/c1-11-6-16-17(7-12(11)2)22-18(21-16)14(10-20)8-13-4-3-5-15(19)9-13/h3-9H,1-2H3,(H,21,22)/b14-8+. The number of hydrogen-bond donors (Lipinski definition) is 1. The third-order valence-corrected chi connectivity index (χ3v) is 3.63. The van der Waals surface area contributed by atoms with Gasteiger partial charge < -0.3 is 4.98 Å². The van der Waals surface area contributed by atoms with Crippen molar-refractivity contribution in [1.82, 2.24) is 9.97 Å². The van der Waals surface area contributed by atoms with Gasteiger partial charge in [0.2, 0.25) is 0 Å². The molecule has 0 unspecified atom stereocenters. The lowest BCUT2D eigenvalue weighted by Gasteiger charge is -1.97. The number of halogens is 1. The van der Waals surface area contributed by atoms with Crippen LogP contribution >= 0.6 is 0 Å². The second kappa shape index (κ2) is 5.45. The summed E-state index contributed by atoms with van der Waals surface area (Å²) in [6.45, 7) is 4.06. The van der Waals surface area contributed by atoms with E-state index in [1.165, 1.54) is 12.1 Å². The number of nitriles is 1. The summed E-state index contributed by atoms with van der Waals surface area (Å²) in [5.74, 6) is 0.161. The Morgan fingerprint density at radius 1 is 1.23 bits per heavy atom. The van der Waals surface area contributed by atoms with Crippen LogP contribution in [0, 0.1) is 31.0 Å². The summed E-state index contributed by atoms with van der Waals surface area (Å²) in [6, 6.07) is 12.2. The molecular weight excluding hydrogens is 277 g/mol. The summed E-state index contributed by atoms with van der Waals surface area (Å²) < 4.78 is 13.2. The summed E-state index contributed by atoms with van der Waals surface area (Å²) in [7, 11) is 0. The number of nitrogens with zero attached hydrogens (tertiary/aromatic N) is 2. The molecule has 4 heteroatoms. The van der Waals surface area contributed by atoms with Crippen molar-refractivity contribution in [3.63, 3.8) is 0 Å². The number of nitrogens with one attached hydrogen (secondary N) is 1. The van der Waals surface area contributed by atoms with Crippen molar-refractivity contribution in [2.75, 3.05) is 0 Å². The first-order chi connectivity index (χ1) is 10.6. The van der Waals surface area contributed by atoms with Crippen LogP contribution in [-0.4, -0.2) is 9.97 Å². The van der Waals surface area contributed by atoms with Crippen molar-refractivity contribution in [1.29, 1.82) is 5.26 Å². The molecule has 0 saturated heterocycles. The molecule has 0 bridgehead atoms. The molecule has 0 atom stereocenters. The molecule has 0 aliphatic rings. The fraction of sp³-hybridized carbons (Fsp3) is 0.111. The zero-order chi connectivity index (χ0) is 15.7. The molecule has 0 amide bonds. The minimum absolute atomic E-state index is 0.332. The zero-order valence-corrected chi connectivity index (χ0v) is 12.3. The Labute approximate surface area is 127 Å². The summed E-state index contributed by atoms with van der Waals surface area (Å²) in [4.78, 5) is 7.62. The molecule has 0 saturated carbocycles. The van der Waals surface area contributed by atoms with Crippen molar-refractivity contribution < 1.29 is 4.39 Å². The molecule has 22 heavy (non-hydrogen) atoms. The topological polar surface area (TPSA) is 52.5 Å². The fourth-order valence-corrected chi connectivity index (χ4v) is 2.31. The molecule has 0 spiro atoms. The fourth-order valence-electron chi connectivity index (χ4n) is 2.31. The highest BCUT2D eigenvalue weighted by molar-refractivity contribution is 5.90. The lowest BCUT2D eigenvalue weighted by atomic mass is 10.1. The van der Waals surface area contributed by atoms with Gasteiger partial charge in [0, 0.05) is 0 Å². The molecule has 0 aliphatic carbocycles. The van der Waals surface area contributed by atoms with E-state index in [4.69, 9.17) is 0 Å². The van der Waals surface area contributed by atoms with E-state index in [0.717, 1.165) is 22.2 Å². The summed E-state index contributed by atoms with van der Waals surface area (Å²) in [6.07, 6.45) is 1.63. The number of fused-ring (bicyclic) bond motifs is 1. The number of H-pyrrole nitrogens is 1. The molecule has 1 heterocycles. The van der Waals surface area contributed by atoms with Crippen LogP contribution < -0.4 is 0 Å². The number of allylic oxidation sites excluding steroid dienone is 1. The van der Waals surface area contributed by atoms with Crippen LogP contribution in [-0.2, 0) is 0 Å². The van der Waals surface area contributed by atoms with E-state index in [9.17, 15) is 9.65 Å². The predicted molar refractivity (Wildman–Crippen MR) is 85.5 cm³/mol. The number of benzene rings is 2. The predicted octanol–water partition coefficient (Wildman–Crippen LogP) is 4.38. The van der Waals surface area contributed by atoms with Crippen LogP contribution in [0.4, 0.5) is 4.39 Å². The smallest absolute Gasteiger partial charge is 0.149 e. The number of rotatable bonds is 2. The van der Waals surface area contributed by atoms with Gasteiger partial charge in [0.05, 0.1) is 16.6 Å². The molecule has 1 aromatic heterocycles. The number of hydrogen-bond acceptors (Lipinski definition) is 2. The van der Waals surface area contributed by atoms with E-state index in [1.54, 1.807) is 18.2 Å². The van der Waals surface area contributed by atoms with Gasteiger partial charge in [-0.1, -0.05) is 12.1 Å². The number of aryl methyl sites for hydroxylation is 2. The Bertz CT molecular complexity index is 890. The second-order valence-corrected chi connectivity index (χ2v) is 5.26. The van der Waals surface area contributed by atoms with Gasteiger partial charge in [-0.3, -0.25) is 0 Å². The Kier molecular flexibility index (Phi) is 3.48.